The lowest BCUT2D eigenvalue weighted by molar-refractivity contribution is 0.397. The van der Waals surface area contributed by atoms with Gasteiger partial charge in [0, 0.05) is 0 Å². The molecule has 0 fully saturated rings. The fourth-order valence-corrected chi connectivity index (χ4v) is 8.63. The average molecular weight is 278 g/mol. The van der Waals surface area contributed by atoms with Gasteiger partial charge in [-0.3, -0.25) is 0 Å². The summed E-state index contributed by atoms with van der Waals surface area (Å²) in [5, 5.41) is 10.4. The fraction of sp³-hybridized carbons (Fsp3) is 0.600. The van der Waals surface area contributed by atoms with Crippen molar-refractivity contribution in [1.82, 2.24) is 0 Å². The van der Waals surface area contributed by atoms with Crippen LogP contribution in [0.5, 0.6) is 0 Å². The van der Waals surface area contributed by atoms with Crippen molar-refractivity contribution in [3.05, 3.63) is 30.3 Å². The van der Waals surface area contributed by atoms with Crippen LogP contribution >= 0.6 is 0 Å². The van der Waals surface area contributed by atoms with Crippen LogP contribution in [0, 0.1) is 0 Å². The Morgan fingerprint density at radius 3 is 1.68 bits per heavy atom. The van der Waals surface area contributed by atoms with Crippen molar-refractivity contribution in [2.24, 2.45) is 0 Å². The molecular weight excluding hydrogens is 251 g/mol. The summed E-state index contributed by atoms with van der Waals surface area (Å²) < 4.78 is 6.30. The van der Waals surface area contributed by atoms with Gasteiger partial charge < -0.3 is 9.37 Å². The Balaban J connectivity index is 3.02. The summed E-state index contributed by atoms with van der Waals surface area (Å²) in [6.45, 7) is 13.4. The molecule has 0 spiro atoms. The molecule has 0 unspecified atom stereocenters. The molecule has 0 amide bonds. The largest absolute Gasteiger partial charge is 0.480 e. The van der Waals surface area contributed by atoms with Gasteiger partial charge in [-0.15, -0.1) is 0 Å². The maximum atomic E-state index is 10.4. The van der Waals surface area contributed by atoms with E-state index in [0.29, 0.717) is 16.6 Å². The van der Waals surface area contributed by atoms with E-state index >= 15 is 0 Å². The van der Waals surface area contributed by atoms with Crippen molar-refractivity contribution < 1.29 is 9.37 Å². The van der Waals surface area contributed by atoms with Crippen molar-refractivity contribution in [2.75, 3.05) is 0 Å². The molecule has 2 nitrogen and oxygen atoms in total. The van der Waals surface area contributed by atoms with Gasteiger partial charge in [-0.25, -0.2) is 0 Å². The van der Waals surface area contributed by atoms with Gasteiger partial charge in [-0.05, 0) is 22.1 Å². The second kappa shape index (κ2) is 6.73. The minimum absolute atomic E-state index is 0.478. The van der Waals surface area contributed by atoms with Crippen molar-refractivity contribution in [3.8, 4) is 0 Å². The van der Waals surface area contributed by atoms with Crippen LogP contribution in [-0.4, -0.2) is 20.5 Å². The van der Waals surface area contributed by atoms with Crippen molar-refractivity contribution >= 4 is 20.9 Å². The molecule has 1 N–H and O–H groups in total. The summed E-state index contributed by atoms with van der Waals surface area (Å²) in [4.78, 5) is 0. The predicted molar refractivity (Wildman–Crippen MR) is 86.2 cm³/mol. The van der Waals surface area contributed by atoms with Gasteiger partial charge in [0.1, 0.15) is 0 Å². The van der Waals surface area contributed by atoms with Gasteiger partial charge in [0.25, 0.3) is 0 Å². The van der Waals surface area contributed by atoms with E-state index in [2.05, 4.69) is 41.5 Å². The van der Waals surface area contributed by atoms with E-state index in [0.717, 1.165) is 5.46 Å². The van der Waals surface area contributed by atoms with E-state index in [-0.39, 0.29) is 0 Å². The smallest absolute Gasteiger partial charge is 0.449 e. The summed E-state index contributed by atoms with van der Waals surface area (Å²) in [6.07, 6.45) is 0. The van der Waals surface area contributed by atoms with Crippen LogP contribution in [0.2, 0.25) is 16.6 Å². The predicted octanol–water partition coefficient (Wildman–Crippen LogP) is 3.57. The summed E-state index contributed by atoms with van der Waals surface area (Å²) >= 11 is 0. The molecule has 0 aliphatic rings. The van der Waals surface area contributed by atoms with Crippen LogP contribution in [0.1, 0.15) is 41.5 Å². The lowest BCUT2D eigenvalue weighted by Crippen LogP contribution is -2.54. The third kappa shape index (κ3) is 3.50. The third-order valence-corrected chi connectivity index (χ3v) is 10.2. The average Bonchev–Trinajstić information content (AvgIpc) is 2.35. The molecule has 0 saturated carbocycles. The Bertz CT molecular complexity index is 357. The zero-order valence-corrected chi connectivity index (χ0v) is 14.1. The Hall–Kier alpha value is -0.578. The molecule has 1 rings (SSSR count). The maximum Gasteiger partial charge on any atom is 0.480 e. The molecule has 1 aromatic rings. The summed E-state index contributed by atoms with van der Waals surface area (Å²) in [7, 11) is -2.83. The SMILES string of the molecule is CC(C)[Si](OB(O)c1ccccc1)(C(C)C)C(C)C. The summed E-state index contributed by atoms with van der Waals surface area (Å²) in [6, 6.07) is 9.67. The van der Waals surface area contributed by atoms with Gasteiger partial charge in [0.05, 0.1) is 0 Å². The second-order valence-corrected chi connectivity index (χ2v) is 11.6. The summed E-state index contributed by atoms with van der Waals surface area (Å²) in [5.41, 5.74) is 2.28. The molecule has 106 valence electrons. The molecule has 1 aromatic carbocycles. The van der Waals surface area contributed by atoms with E-state index in [1.165, 1.54) is 0 Å². The second-order valence-electron chi connectivity index (χ2n) is 6.20. The molecule has 0 radical (unpaired) electrons. The molecule has 0 heterocycles. The highest BCUT2D eigenvalue weighted by Crippen LogP contribution is 2.42. The van der Waals surface area contributed by atoms with Crippen LogP contribution in [0.15, 0.2) is 30.3 Å². The van der Waals surface area contributed by atoms with Crippen LogP contribution in [0.25, 0.3) is 0 Å². The molecule has 0 bridgehead atoms. The molecule has 0 saturated heterocycles. The number of rotatable bonds is 6. The zero-order valence-electron chi connectivity index (χ0n) is 13.1. The van der Waals surface area contributed by atoms with Crippen LogP contribution < -0.4 is 5.46 Å². The minimum atomic E-state index is -2.02. The highest BCUT2D eigenvalue weighted by molar-refractivity contribution is 6.84. The van der Waals surface area contributed by atoms with Crippen molar-refractivity contribution in [3.63, 3.8) is 0 Å². The third-order valence-electron chi connectivity index (χ3n) is 4.11. The molecular formula is C15H27BO2Si. The Labute approximate surface area is 119 Å². The maximum absolute atomic E-state index is 10.4. The summed E-state index contributed by atoms with van der Waals surface area (Å²) in [5.74, 6) is 0. The first-order valence-electron chi connectivity index (χ1n) is 7.23. The van der Waals surface area contributed by atoms with E-state index < -0.39 is 15.4 Å². The normalized spacial score (nSPS) is 12.5. The Kier molecular flexibility index (Phi) is 5.84. The Morgan fingerprint density at radius 2 is 1.32 bits per heavy atom. The minimum Gasteiger partial charge on any atom is -0.449 e. The van der Waals surface area contributed by atoms with E-state index in [4.69, 9.17) is 4.34 Å². The quantitative estimate of drug-likeness (QED) is 0.806. The first kappa shape index (κ1) is 16.5. The topological polar surface area (TPSA) is 29.5 Å². The van der Waals surface area contributed by atoms with E-state index in [9.17, 15) is 5.02 Å². The number of hydrogen-bond acceptors (Lipinski definition) is 2. The highest BCUT2D eigenvalue weighted by atomic mass is 28.4. The van der Waals surface area contributed by atoms with Crippen LogP contribution in [0.3, 0.4) is 0 Å². The monoisotopic (exact) mass is 278 g/mol. The van der Waals surface area contributed by atoms with Gasteiger partial charge in [0.2, 0.25) is 0 Å². The van der Waals surface area contributed by atoms with Crippen LogP contribution in [-0.2, 0) is 4.34 Å². The number of hydrogen-bond donors (Lipinski definition) is 1. The standard InChI is InChI=1S/C15H27BO2Si/c1-12(2)19(13(3)4,14(5)6)18-16(17)15-10-8-7-9-11-15/h7-14,17H,1-6H3. The van der Waals surface area contributed by atoms with Crippen LogP contribution in [0.4, 0.5) is 0 Å². The molecule has 0 atom stereocenters. The van der Waals surface area contributed by atoms with Gasteiger partial charge in [-0.2, -0.15) is 0 Å². The molecule has 0 aliphatic carbocycles. The lowest BCUT2D eigenvalue weighted by atomic mass is 9.80. The van der Waals surface area contributed by atoms with Gasteiger partial charge in [-0.1, -0.05) is 71.9 Å². The molecule has 19 heavy (non-hydrogen) atoms. The van der Waals surface area contributed by atoms with Crippen molar-refractivity contribution in [1.29, 1.82) is 0 Å². The first-order valence-corrected chi connectivity index (χ1v) is 9.37. The fourth-order valence-electron chi connectivity index (χ4n) is 3.29. The Morgan fingerprint density at radius 1 is 0.895 bits per heavy atom. The molecule has 4 heteroatoms. The lowest BCUT2D eigenvalue weighted by Gasteiger charge is -2.43. The molecule has 0 aliphatic heterocycles. The van der Waals surface area contributed by atoms with E-state index in [1.807, 2.05) is 30.3 Å². The van der Waals surface area contributed by atoms with Crippen molar-refractivity contribution in [2.45, 2.75) is 58.2 Å². The van der Waals surface area contributed by atoms with Gasteiger partial charge >= 0.3 is 7.12 Å². The number of benzene rings is 1. The first-order chi connectivity index (χ1) is 8.82. The van der Waals surface area contributed by atoms with E-state index in [1.54, 1.807) is 0 Å². The van der Waals surface area contributed by atoms with Gasteiger partial charge in [0.15, 0.2) is 8.32 Å². The molecule has 0 aromatic heterocycles. The zero-order chi connectivity index (χ0) is 14.6. The highest BCUT2D eigenvalue weighted by Gasteiger charge is 2.47.